The van der Waals surface area contributed by atoms with Crippen molar-refractivity contribution in [3.63, 3.8) is 0 Å². The van der Waals surface area contributed by atoms with E-state index in [4.69, 9.17) is 0 Å². The lowest BCUT2D eigenvalue weighted by molar-refractivity contribution is 0.660. The van der Waals surface area contributed by atoms with Crippen molar-refractivity contribution in [3.05, 3.63) is 491 Å². The second kappa shape index (κ2) is 27.2. The van der Waals surface area contributed by atoms with Crippen LogP contribution in [0, 0.1) is 0 Å². The molecule has 0 amide bonds. The van der Waals surface area contributed by atoms with Gasteiger partial charge in [-0.1, -0.05) is 386 Å². The summed E-state index contributed by atoms with van der Waals surface area (Å²) in [4.78, 5) is 5.00. The highest BCUT2D eigenvalue weighted by Crippen LogP contribution is 2.61. The first kappa shape index (κ1) is 67.7. The highest BCUT2D eigenvalue weighted by atomic mass is 15.2. The number of nitrogens with zero attached hydrogens (tertiary/aromatic N) is 2. The second-order valence-corrected chi connectivity index (χ2v) is 31.3. The van der Waals surface area contributed by atoms with Gasteiger partial charge in [-0.05, 0) is 211 Å². The Labute approximate surface area is 658 Å². The molecule has 17 aromatic rings. The molecule has 0 fully saturated rings. The van der Waals surface area contributed by atoms with Crippen LogP contribution >= 0.6 is 0 Å². The standard InChI is InChI=1S/C58H43N.C52H39N/c1-57(2)52-30-12-9-28-50(52)51-29-17-33-55(56(51)57)59(46-36-34-41(35-37-46)43-21-15-20-42(38-43)40-18-5-3-6-19-40)47-25-16-24-45(39-47)58(44-22-7-4-8-23-44)53-31-13-10-26-48(53)49-27-11-14-32-54(49)58;1-51(2)46-27-12-9-25-44(46)45-26-16-30-49(50(45)51)53(40-33-31-37(32-34-40)36-17-5-3-6-18-36)41-22-15-21-39(35-41)52(38-19-7-4-8-20-38)47-28-13-10-23-42(47)43-24-11-14-29-48(43)52/h3-39H,1-2H3;3-35H,1-2H3. The molecule has 2 nitrogen and oxygen atoms in total. The Morgan fingerprint density at radius 1 is 0.170 bits per heavy atom. The normalized spacial score (nSPS) is 14.0. The first-order chi connectivity index (χ1) is 55.1. The minimum atomic E-state index is -0.502. The smallest absolute Gasteiger partial charge is 0.0714 e. The topological polar surface area (TPSA) is 6.48 Å². The third-order valence-electron chi connectivity index (χ3n) is 24.7. The molecule has 4 aliphatic rings. The minimum absolute atomic E-state index is 0.184. The lowest BCUT2D eigenvalue weighted by atomic mass is 9.67. The molecule has 0 bridgehead atoms. The molecule has 532 valence electrons. The maximum atomic E-state index is 2.51. The number of rotatable bonds is 13. The summed E-state index contributed by atoms with van der Waals surface area (Å²) in [6, 6.07) is 157. The number of anilines is 6. The zero-order valence-electron chi connectivity index (χ0n) is 63.3. The fraction of sp³-hybridized carbons (Fsp3) is 0.0727. The van der Waals surface area contributed by atoms with E-state index in [0.29, 0.717) is 0 Å². The van der Waals surface area contributed by atoms with E-state index in [1.807, 2.05) is 0 Å². The van der Waals surface area contributed by atoms with E-state index < -0.39 is 10.8 Å². The van der Waals surface area contributed by atoms with E-state index in [9.17, 15) is 0 Å². The van der Waals surface area contributed by atoms with Crippen LogP contribution in [-0.4, -0.2) is 0 Å². The zero-order chi connectivity index (χ0) is 75.1. The maximum absolute atomic E-state index is 2.51. The number of hydrogen-bond acceptors (Lipinski definition) is 2. The molecular formula is C110H82N2. The fourth-order valence-electron chi connectivity index (χ4n) is 19.8. The van der Waals surface area contributed by atoms with Gasteiger partial charge < -0.3 is 9.80 Å². The van der Waals surface area contributed by atoms with Crippen LogP contribution in [0.2, 0.25) is 0 Å². The van der Waals surface area contributed by atoms with Gasteiger partial charge in [-0.25, -0.2) is 0 Å². The third kappa shape index (κ3) is 10.7. The van der Waals surface area contributed by atoms with Crippen LogP contribution in [0.25, 0.3) is 77.9 Å². The highest BCUT2D eigenvalue weighted by Gasteiger charge is 2.49. The summed E-state index contributed by atoms with van der Waals surface area (Å²) in [7, 11) is 0. The SMILES string of the molecule is CC1(C)c2ccccc2-c2cccc(N(c3ccc(-c4cccc(-c5ccccc5)c4)cc3)c3cccc(C4(c5ccccc5)c5ccccc5-c5ccccc54)c3)c21.CC1(C)c2ccccc2-c2cccc(N(c3ccc(-c4ccccc4)cc3)c3cccc(C4(c5ccccc5)c5ccccc5-c5ccccc54)c3)c21. The van der Waals surface area contributed by atoms with Gasteiger partial charge in [0.15, 0.2) is 0 Å². The Hall–Kier alpha value is -13.7. The van der Waals surface area contributed by atoms with Crippen LogP contribution in [-0.2, 0) is 21.7 Å². The first-order valence-corrected chi connectivity index (χ1v) is 39.3. The first-order valence-electron chi connectivity index (χ1n) is 39.3. The molecule has 0 radical (unpaired) electrons. The van der Waals surface area contributed by atoms with Gasteiger partial charge in [-0.3, -0.25) is 0 Å². The van der Waals surface area contributed by atoms with Gasteiger partial charge in [0.05, 0.1) is 22.2 Å². The van der Waals surface area contributed by atoms with E-state index in [1.54, 1.807) is 0 Å². The summed E-state index contributed by atoms with van der Waals surface area (Å²) in [6.07, 6.45) is 0. The summed E-state index contributed by atoms with van der Waals surface area (Å²) in [6.45, 7) is 9.53. The van der Waals surface area contributed by atoms with Crippen LogP contribution in [0.3, 0.4) is 0 Å². The molecule has 17 aromatic carbocycles. The van der Waals surface area contributed by atoms with E-state index in [0.717, 1.165) is 22.7 Å². The van der Waals surface area contributed by atoms with Crippen molar-refractivity contribution in [1.29, 1.82) is 0 Å². The lowest BCUT2D eigenvalue weighted by Gasteiger charge is -2.36. The molecule has 0 aromatic heterocycles. The molecule has 21 rings (SSSR count). The number of benzene rings is 17. The molecule has 2 heteroatoms. The Morgan fingerprint density at radius 2 is 0.420 bits per heavy atom. The molecule has 0 saturated heterocycles. The lowest BCUT2D eigenvalue weighted by Crippen LogP contribution is -2.29. The predicted octanol–water partition coefficient (Wildman–Crippen LogP) is 28.7. The minimum Gasteiger partial charge on any atom is -0.310 e. The van der Waals surface area contributed by atoms with Crippen molar-refractivity contribution in [2.24, 2.45) is 0 Å². The van der Waals surface area contributed by atoms with Crippen LogP contribution in [0.15, 0.2) is 425 Å². The molecule has 4 aliphatic carbocycles. The molecule has 0 unspecified atom stereocenters. The molecule has 0 spiro atoms. The van der Waals surface area contributed by atoms with Gasteiger partial charge in [0.2, 0.25) is 0 Å². The van der Waals surface area contributed by atoms with Crippen LogP contribution < -0.4 is 9.80 Å². The van der Waals surface area contributed by atoms with Crippen LogP contribution in [0.4, 0.5) is 34.1 Å². The van der Waals surface area contributed by atoms with Crippen molar-refractivity contribution in [3.8, 4) is 77.9 Å². The largest absolute Gasteiger partial charge is 0.310 e. The van der Waals surface area contributed by atoms with Gasteiger partial charge >= 0.3 is 0 Å². The predicted molar refractivity (Wildman–Crippen MR) is 468 cm³/mol. The third-order valence-corrected chi connectivity index (χ3v) is 24.7. The van der Waals surface area contributed by atoms with Gasteiger partial charge in [0.1, 0.15) is 0 Å². The van der Waals surface area contributed by atoms with E-state index >= 15 is 0 Å². The highest BCUT2D eigenvalue weighted by molar-refractivity contribution is 5.95. The molecule has 0 atom stereocenters. The Bertz CT molecular complexity index is 6340. The number of fused-ring (bicyclic) bond motifs is 12. The number of hydrogen-bond donors (Lipinski definition) is 0. The zero-order valence-corrected chi connectivity index (χ0v) is 63.3. The quantitative estimate of drug-likeness (QED) is 0.114. The summed E-state index contributed by atoms with van der Waals surface area (Å²) in [5.74, 6) is 0. The fourth-order valence-corrected chi connectivity index (χ4v) is 19.8. The van der Waals surface area contributed by atoms with Crippen molar-refractivity contribution in [1.82, 2.24) is 0 Å². The summed E-state index contributed by atoms with van der Waals surface area (Å²) in [5, 5.41) is 0. The van der Waals surface area contributed by atoms with Crippen molar-refractivity contribution < 1.29 is 0 Å². The van der Waals surface area contributed by atoms with Crippen LogP contribution in [0.5, 0.6) is 0 Å². The van der Waals surface area contributed by atoms with Gasteiger partial charge in [-0.2, -0.15) is 0 Å². The van der Waals surface area contributed by atoms with Crippen molar-refractivity contribution in [2.75, 3.05) is 9.80 Å². The molecule has 0 heterocycles. The van der Waals surface area contributed by atoms with Gasteiger partial charge in [-0.15, -0.1) is 0 Å². The Balaban J connectivity index is 0.000000147. The summed E-state index contributed by atoms with van der Waals surface area (Å²) in [5.41, 5.74) is 38.9. The van der Waals surface area contributed by atoms with Crippen LogP contribution in [0.1, 0.15) is 94.5 Å². The molecule has 112 heavy (non-hydrogen) atoms. The summed E-state index contributed by atoms with van der Waals surface area (Å²) < 4.78 is 0. The average molecular weight is 1430 g/mol. The van der Waals surface area contributed by atoms with Crippen molar-refractivity contribution in [2.45, 2.75) is 49.4 Å². The molecule has 0 saturated carbocycles. The van der Waals surface area contributed by atoms with Crippen molar-refractivity contribution >= 4 is 34.1 Å². The second-order valence-electron chi connectivity index (χ2n) is 31.3. The van der Waals surface area contributed by atoms with Gasteiger partial charge in [0, 0.05) is 33.6 Å². The monoisotopic (exact) mass is 1430 g/mol. The maximum Gasteiger partial charge on any atom is 0.0714 e. The van der Waals surface area contributed by atoms with E-state index in [2.05, 4.69) is 462 Å². The van der Waals surface area contributed by atoms with E-state index in [-0.39, 0.29) is 10.8 Å². The van der Waals surface area contributed by atoms with Gasteiger partial charge in [0.25, 0.3) is 0 Å². The Kier molecular flexibility index (Phi) is 16.4. The Morgan fingerprint density at radius 3 is 0.786 bits per heavy atom. The molecule has 0 N–H and O–H groups in total. The van der Waals surface area contributed by atoms with E-state index in [1.165, 1.54) is 156 Å². The average Bonchev–Trinajstić information content (AvgIpc) is 1.54. The summed E-state index contributed by atoms with van der Waals surface area (Å²) >= 11 is 0. The molecular weight excluding hydrogens is 1350 g/mol. The molecule has 0 aliphatic heterocycles.